The maximum Gasteiger partial charge on any atom is 0.0484 e. The monoisotopic (exact) mass is 303 g/mol. The fraction of sp³-hybridized carbons (Fsp3) is 0.100. The Kier molecular flexibility index (Phi) is 3.70. The van der Waals surface area contributed by atoms with Crippen molar-refractivity contribution in [3.05, 3.63) is 89.5 Å². The Hall–Kier alpha value is -2.94. The third-order valence-electron chi connectivity index (χ3n) is 4.50. The first-order valence-electron chi connectivity index (χ1n) is 7.60. The number of benzene rings is 3. The lowest BCUT2D eigenvalue weighted by atomic mass is 9.69. The fourth-order valence-electron chi connectivity index (χ4n) is 3.29. The summed E-state index contributed by atoms with van der Waals surface area (Å²) in [5, 5.41) is 0. The van der Waals surface area contributed by atoms with Crippen molar-refractivity contribution in [2.45, 2.75) is 12.3 Å². The molecule has 0 aromatic heterocycles. The second-order valence-corrected chi connectivity index (χ2v) is 5.89. The van der Waals surface area contributed by atoms with E-state index >= 15 is 0 Å². The quantitative estimate of drug-likeness (QED) is 0.509. The molecule has 0 fully saturated rings. The first-order chi connectivity index (χ1) is 11.0. The van der Waals surface area contributed by atoms with Gasteiger partial charge in [-0.2, -0.15) is 0 Å². The van der Waals surface area contributed by atoms with Gasteiger partial charge in [0.1, 0.15) is 0 Å². The first kappa shape index (κ1) is 15.0. The van der Waals surface area contributed by atoms with E-state index < -0.39 is 5.41 Å². The molecule has 0 aliphatic heterocycles. The summed E-state index contributed by atoms with van der Waals surface area (Å²) in [6, 6.07) is 23.6. The van der Waals surface area contributed by atoms with Gasteiger partial charge < -0.3 is 17.2 Å². The van der Waals surface area contributed by atoms with Crippen LogP contribution in [0, 0.1) is 0 Å². The predicted molar refractivity (Wildman–Crippen MR) is 98.1 cm³/mol. The lowest BCUT2D eigenvalue weighted by Crippen LogP contribution is -2.28. The third-order valence-corrected chi connectivity index (χ3v) is 4.50. The fourth-order valence-corrected chi connectivity index (χ4v) is 3.29. The Balaban J connectivity index is 2.38. The van der Waals surface area contributed by atoms with Gasteiger partial charge in [0.05, 0.1) is 0 Å². The van der Waals surface area contributed by atoms with Crippen LogP contribution in [0.5, 0.6) is 0 Å². The lowest BCUT2D eigenvalue weighted by molar-refractivity contribution is 0.700. The van der Waals surface area contributed by atoms with Crippen LogP contribution in [0.15, 0.2) is 72.8 Å². The predicted octanol–water partition coefficient (Wildman–Crippen LogP) is 3.79. The van der Waals surface area contributed by atoms with Crippen LogP contribution in [0.4, 0.5) is 17.1 Å². The zero-order valence-electron chi connectivity index (χ0n) is 13.2. The molecule has 0 bridgehead atoms. The van der Waals surface area contributed by atoms with E-state index in [2.05, 4.69) is 6.92 Å². The van der Waals surface area contributed by atoms with E-state index in [1.54, 1.807) is 0 Å². The van der Waals surface area contributed by atoms with Gasteiger partial charge in [0.25, 0.3) is 0 Å². The Bertz CT molecular complexity index is 729. The standard InChI is InChI=1S/C20H21N3/c1-20(14-8-2-5-11-17(14)21,15-9-3-6-12-18(15)22)16-10-4-7-13-19(16)23/h2-13H,21-23H2,1H3. The highest BCUT2D eigenvalue weighted by atomic mass is 14.6. The number of rotatable bonds is 3. The summed E-state index contributed by atoms with van der Waals surface area (Å²) < 4.78 is 0. The van der Waals surface area contributed by atoms with E-state index in [-0.39, 0.29) is 0 Å². The highest BCUT2D eigenvalue weighted by Crippen LogP contribution is 2.45. The maximum atomic E-state index is 6.30. The van der Waals surface area contributed by atoms with Crippen LogP contribution in [-0.4, -0.2) is 0 Å². The Morgan fingerprint density at radius 2 is 0.783 bits per heavy atom. The van der Waals surface area contributed by atoms with E-state index in [0.29, 0.717) is 0 Å². The zero-order chi connectivity index (χ0) is 16.4. The number of anilines is 3. The van der Waals surface area contributed by atoms with Crippen molar-refractivity contribution in [3.8, 4) is 0 Å². The third kappa shape index (κ3) is 2.40. The molecule has 3 aromatic carbocycles. The molecular formula is C20H21N3. The second kappa shape index (κ2) is 5.69. The SMILES string of the molecule is CC(c1ccccc1N)(c1ccccc1N)c1ccccc1N. The molecule has 3 nitrogen and oxygen atoms in total. The van der Waals surface area contributed by atoms with Crippen LogP contribution >= 0.6 is 0 Å². The molecule has 0 spiro atoms. The highest BCUT2D eigenvalue weighted by molar-refractivity contribution is 5.69. The van der Waals surface area contributed by atoms with Gasteiger partial charge in [0.2, 0.25) is 0 Å². The molecule has 0 aliphatic rings. The molecule has 116 valence electrons. The van der Waals surface area contributed by atoms with Crippen LogP contribution in [0.2, 0.25) is 0 Å². The zero-order valence-corrected chi connectivity index (χ0v) is 13.2. The molecule has 0 saturated carbocycles. The highest BCUT2D eigenvalue weighted by Gasteiger charge is 2.35. The summed E-state index contributed by atoms with van der Waals surface area (Å²) in [4.78, 5) is 0. The second-order valence-electron chi connectivity index (χ2n) is 5.89. The smallest absolute Gasteiger partial charge is 0.0484 e. The van der Waals surface area contributed by atoms with E-state index in [0.717, 1.165) is 33.8 Å². The molecule has 0 radical (unpaired) electrons. The van der Waals surface area contributed by atoms with E-state index in [9.17, 15) is 0 Å². The van der Waals surface area contributed by atoms with Crippen molar-refractivity contribution in [1.29, 1.82) is 0 Å². The summed E-state index contributed by atoms with van der Waals surface area (Å²) in [6.45, 7) is 2.12. The van der Waals surface area contributed by atoms with Crippen LogP contribution in [0.1, 0.15) is 23.6 Å². The Morgan fingerprint density at radius 1 is 0.522 bits per heavy atom. The number of hydrogen-bond acceptors (Lipinski definition) is 3. The molecule has 0 saturated heterocycles. The van der Waals surface area contributed by atoms with Gasteiger partial charge in [-0.25, -0.2) is 0 Å². The van der Waals surface area contributed by atoms with Gasteiger partial charge in [-0.05, 0) is 41.8 Å². The molecule has 3 heteroatoms. The minimum absolute atomic E-state index is 0.526. The van der Waals surface area contributed by atoms with Crippen molar-refractivity contribution >= 4 is 17.1 Å². The van der Waals surface area contributed by atoms with Gasteiger partial charge in [0.15, 0.2) is 0 Å². The average molecular weight is 303 g/mol. The number of para-hydroxylation sites is 3. The molecule has 0 aliphatic carbocycles. The summed E-state index contributed by atoms with van der Waals surface area (Å²) in [5.41, 5.74) is 23.5. The van der Waals surface area contributed by atoms with E-state index in [1.807, 2.05) is 72.8 Å². The summed E-state index contributed by atoms with van der Waals surface area (Å²) in [7, 11) is 0. The van der Waals surface area contributed by atoms with Gasteiger partial charge in [-0.1, -0.05) is 54.6 Å². The largest absolute Gasteiger partial charge is 0.398 e. The minimum atomic E-state index is -0.526. The van der Waals surface area contributed by atoms with Gasteiger partial charge in [-0.15, -0.1) is 0 Å². The van der Waals surface area contributed by atoms with Gasteiger partial charge in [-0.3, -0.25) is 0 Å². The molecule has 6 N–H and O–H groups in total. The first-order valence-corrected chi connectivity index (χ1v) is 7.60. The van der Waals surface area contributed by atoms with E-state index in [1.165, 1.54) is 0 Å². The molecule has 3 rings (SSSR count). The van der Waals surface area contributed by atoms with Crippen molar-refractivity contribution < 1.29 is 0 Å². The van der Waals surface area contributed by atoms with Crippen LogP contribution in [0.25, 0.3) is 0 Å². The summed E-state index contributed by atoms with van der Waals surface area (Å²) in [5.74, 6) is 0. The minimum Gasteiger partial charge on any atom is -0.398 e. The van der Waals surface area contributed by atoms with Crippen LogP contribution in [0.3, 0.4) is 0 Å². The van der Waals surface area contributed by atoms with Gasteiger partial charge in [0, 0.05) is 22.5 Å². The molecule has 3 aromatic rings. The van der Waals surface area contributed by atoms with Crippen LogP contribution in [-0.2, 0) is 5.41 Å². The normalized spacial score (nSPS) is 11.3. The lowest BCUT2D eigenvalue weighted by Gasteiger charge is -2.34. The number of nitrogen functional groups attached to an aromatic ring is 3. The molecular weight excluding hydrogens is 282 g/mol. The number of hydrogen-bond donors (Lipinski definition) is 3. The average Bonchev–Trinajstić information content (AvgIpc) is 2.55. The maximum absolute atomic E-state index is 6.30. The molecule has 23 heavy (non-hydrogen) atoms. The molecule has 0 atom stereocenters. The molecule has 0 amide bonds. The van der Waals surface area contributed by atoms with Crippen molar-refractivity contribution in [2.24, 2.45) is 0 Å². The molecule has 0 heterocycles. The van der Waals surface area contributed by atoms with Crippen molar-refractivity contribution in [2.75, 3.05) is 17.2 Å². The summed E-state index contributed by atoms with van der Waals surface area (Å²) in [6.07, 6.45) is 0. The Labute approximate surface area is 136 Å². The number of nitrogens with two attached hydrogens (primary N) is 3. The van der Waals surface area contributed by atoms with Crippen molar-refractivity contribution in [3.63, 3.8) is 0 Å². The topological polar surface area (TPSA) is 78.1 Å². The Morgan fingerprint density at radius 3 is 1.04 bits per heavy atom. The van der Waals surface area contributed by atoms with Crippen molar-refractivity contribution in [1.82, 2.24) is 0 Å². The van der Waals surface area contributed by atoms with Crippen LogP contribution < -0.4 is 17.2 Å². The van der Waals surface area contributed by atoms with Gasteiger partial charge >= 0.3 is 0 Å². The summed E-state index contributed by atoms with van der Waals surface area (Å²) >= 11 is 0. The molecule has 0 unspecified atom stereocenters. The van der Waals surface area contributed by atoms with E-state index in [4.69, 9.17) is 17.2 Å².